The maximum Gasteiger partial charge on any atom is 0.339 e. The topological polar surface area (TPSA) is 82.1 Å². The molecule has 184 valence electrons. The van der Waals surface area contributed by atoms with Gasteiger partial charge in [0, 0.05) is 11.1 Å². The first-order chi connectivity index (χ1) is 16.0. The second-order valence-corrected chi connectivity index (χ2v) is 10.0. The fourth-order valence-electron chi connectivity index (χ4n) is 3.17. The van der Waals surface area contributed by atoms with Gasteiger partial charge in [-0.3, -0.25) is 0 Å². The van der Waals surface area contributed by atoms with Gasteiger partial charge in [-0.25, -0.2) is 0 Å². The highest BCUT2D eigenvalue weighted by Crippen LogP contribution is 2.32. The maximum atomic E-state index is 12.4. The molecule has 3 rings (SSSR count). The van der Waals surface area contributed by atoms with E-state index in [-0.39, 0.29) is 10.8 Å². The van der Waals surface area contributed by atoms with E-state index in [2.05, 4.69) is 0 Å². The van der Waals surface area contributed by atoms with E-state index in [1.165, 1.54) is 0 Å². The molecule has 0 saturated carbocycles. The highest BCUT2D eigenvalue weighted by molar-refractivity contribution is 7.87. The standard InChI is InChI=1S/C17H20O4S.C10H14O2/c1-12(2)16-11-14(20-4)7-10-17(16)21-22(18,19)15-8-5-13(3)6-9-15;1-7(2)9-6-8(12-3)4-5-10(9)11/h5-12H,1-4H3;4-7,11H,1-3H3. The summed E-state index contributed by atoms with van der Waals surface area (Å²) in [6.07, 6.45) is 0. The normalized spacial score (nSPS) is 11.1. The molecule has 3 aromatic carbocycles. The number of hydrogen-bond donors (Lipinski definition) is 1. The van der Waals surface area contributed by atoms with Gasteiger partial charge in [-0.05, 0) is 67.3 Å². The molecule has 0 aliphatic heterocycles. The summed E-state index contributed by atoms with van der Waals surface area (Å²) in [5.41, 5.74) is 2.70. The average molecular weight is 487 g/mol. The van der Waals surface area contributed by atoms with Crippen molar-refractivity contribution in [1.29, 1.82) is 0 Å². The Morgan fingerprint density at radius 1 is 0.735 bits per heavy atom. The zero-order valence-electron chi connectivity index (χ0n) is 20.8. The Morgan fingerprint density at radius 3 is 1.74 bits per heavy atom. The van der Waals surface area contributed by atoms with E-state index in [0.29, 0.717) is 23.2 Å². The Kier molecular flexibility index (Phi) is 9.38. The van der Waals surface area contributed by atoms with E-state index in [9.17, 15) is 13.5 Å². The molecule has 0 amide bonds. The van der Waals surface area contributed by atoms with E-state index >= 15 is 0 Å². The lowest BCUT2D eigenvalue weighted by molar-refractivity contribution is 0.410. The van der Waals surface area contributed by atoms with Crippen LogP contribution < -0.4 is 13.7 Å². The monoisotopic (exact) mass is 486 g/mol. The second-order valence-electron chi connectivity index (χ2n) is 8.49. The summed E-state index contributed by atoms with van der Waals surface area (Å²) >= 11 is 0. The number of aromatic hydroxyl groups is 1. The molecule has 34 heavy (non-hydrogen) atoms. The molecule has 0 heterocycles. The predicted octanol–water partition coefficient (Wildman–Crippen LogP) is 6.42. The summed E-state index contributed by atoms with van der Waals surface area (Å²) in [5.74, 6) is 2.56. The molecular weight excluding hydrogens is 452 g/mol. The maximum absolute atomic E-state index is 12.4. The summed E-state index contributed by atoms with van der Waals surface area (Å²) < 4.78 is 40.3. The van der Waals surface area contributed by atoms with Gasteiger partial charge in [0.15, 0.2) is 0 Å². The molecule has 0 saturated heterocycles. The van der Waals surface area contributed by atoms with Crippen molar-refractivity contribution in [2.75, 3.05) is 14.2 Å². The van der Waals surface area contributed by atoms with Crippen molar-refractivity contribution < 1.29 is 27.2 Å². The van der Waals surface area contributed by atoms with Crippen molar-refractivity contribution in [3.8, 4) is 23.0 Å². The van der Waals surface area contributed by atoms with Crippen LogP contribution in [0.4, 0.5) is 0 Å². The number of phenolic OH excluding ortho intramolecular Hbond substituents is 1. The Labute approximate surface area is 203 Å². The molecule has 0 aromatic heterocycles. The van der Waals surface area contributed by atoms with Gasteiger partial charge in [0.05, 0.1) is 14.2 Å². The summed E-state index contributed by atoms with van der Waals surface area (Å²) in [7, 11) is -0.653. The Balaban J connectivity index is 0.000000287. The van der Waals surface area contributed by atoms with Crippen molar-refractivity contribution >= 4 is 10.1 Å². The van der Waals surface area contributed by atoms with Crippen molar-refractivity contribution in [2.24, 2.45) is 0 Å². The van der Waals surface area contributed by atoms with Crippen LogP contribution in [-0.2, 0) is 10.1 Å². The van der Waals surface area contributed by atoms with Crippen molar-refractivity contribution in [3.63, 3.8) is 0 Å². The number of methoxy groups -OCH3 is 2. The highest BCUT2D eigenvalue weighted by atomic mass is 32.2. The van der Waals surface area contributed by atoms with Crippen LogP contribution in [0.15, 0.2) is 65.6 Å². The molecule has 0 radical (unpaired) electrons. The minimum absolute atomic E-state index is 0.110. The van der Waals surface area contributed by atoms with Gasteiger partial charge in [-0.15, -0.1) is 0 Å². The molecule has 0 bridgehead atoms. The minimum Gasteiger partial charge on any atom is -0.508 e. The third-order valence-corrected chi connectivity index (χ3v) is 6.45. The van der Waals surface area contributed by atoms with E-state index in [4.69, 9.17) is 13.7 Å². The molecule has 0 unspecified atom stereocenters. The van der Waals surface area contributed by atoms with Gasteiger partial charge in [0.25, 0.3) is 0 Å². The van der Waals surface area contributed by atoms with Gasteiger partial charge in [0.2, 0.25) is 0 Å². The lowest BCUT2D eigenvalue weighted by Crippen LogP contribution is -2.11. The van der Waals surface area contributed by atoms with Gasteiger partial charge in [-0.1, -0.05) is 45.4 Å². The van der Waals surface area contributed by atoms with Crippen LogP contribution in [0.2, 0.25) is 0 Å². The first-order valence-electron chi connectivity index (χ1n) is 11.0. The van der Waals surface area contributed by atoms with Crippen molar-refractivity contribution in [1.82, 2.24) is 0 Å². The summed E-state index contributed by atoms with van der Waals surface area (Å²) in [6, 6.07) is 17.0. The summed E-state index contributed by atoms with van der Waals surface area (Å²) in [5, 5.41) is 9.45. The number of hydrogen-bond acceptors (Lipinski definition) is 6. The molecular formula is C27H34O6S. The average Bonchev–Trinajstić information content (AvgIpc) is 2.80. The molecule has 3 aromatic rings. The Hall–Kier alpha value is -3.19. The van der Waals surface area contributed by atoms with Gasteiger partial charge in [-0.2, -0.15) is 8.42 Å². The first-order valence-corrected chi connectivity index (χ1v) is 12.4. The predicted molar refractivity (Wildman–Crippen MR) is 135 cm³/mol. The molecule has 0 spiro atoms. The van der Waals surface area contributed by atoms with Gasteiger partial charge < -0.3 is 18.8 Å². The molecule has 0 aliphatic carbocycles. The summed E-state index contributed by atoms with van der Waals surface area (Å²) in [4.78, 5) is 0.142. The van der Waals surface area contributed by atoms with Crippen molar-refractivity contribution in [3.05, 3.63) is 77.4 Å². The third kappa shape index (κ3) is 7.15. The molecule has 1 N–H and O–H groups in total. The fraction of sp³-hybridized carbons (Fsp3) is 0.333. The molecule has 0 aliphatic rings. The fourth-order valence-corrected chi connectivity index (χ4v) is 4.13. The zero-order valence-corrected chi connectivity index (χ0v) is 21.6. The van der Waals surface area contributed by atoms with Crippen LogP contribution in [-0.4, -0.2) is 27.7 Å². The van der Waals surface area contributed by atoms with Gasteiger partial charge in [0.1, 0.15) is 27.9 Å². The zero-order chi connectivity index (χ0) is 25.5. The van der Waals surface area contributed by atoms with E-state index in [0.717, 1.165) is 22.4 Å². The quantitative estimate of drug-likeness (QED) is 0.388. The lowest BCUT2D eigenvalue weighted by Gasteiger charge is -2.15. The number of aryl methyl sites for hydroxylation is 1. The molecule has 7 heteroatoms. The van der Waals surface area contributed by atoms with Crippen LogP contribution in [0.25, 0.3) is 0 Å². The number of ether oxygens (including phenoxy) is 2. The van der Waals surface area contributed by atoms with E-state index in [1.54, 1.807) is 68.8 Å². The third-order valence-electron chi connectivity index (χ3n) is 5.20. The van der Waals surface area contributed by atoms with Crippen LogP contribution in [0.5, 0.6) is 23.0 Å². The largest absolute Gasteiger partial charge is 0.508 e. The van der Waals surface area contributed by atoms with Crippen LogP contribution >= 0.6 is 0 Å². The second kappa shape index (κ2) is 11.8. The number of benzene rings is 3. The van der Waals surface area contributed by atoms with Gasteiger partial charge >= 0.3 is 10.1 Å². The molecule has 6 nitrogen and oxygen atoms in total. The lowest BCUT2D eigenvalue weighted by atomic mass is 10.0. The molecule has 0 fully saturated rings. The van der Waals surface area contributed by atoms with Crippen LogP contribution in [0.3, 0.4) is 0 Å². The van der Waals surface area contributed by atoms with E-state index < -0.39 is 10.1 Å². The summed E-state index contributed by atoms with van der Waals surface area (Å²) in [6.45, 7) is 9.92. The number of phenols is 1. The molecule has 0 atom stereocenters. The Bertz CT molecular complexity index is 1180. The van der Waals surface area contributed by atoms with E-state index in [1.807, 2.05) is 40.7 Å². The minimum atomic E-state index is -3.85. The SMILES string of the molecule is COc1ccc(O)c(C(C)C)c1.COc1ccc(OS(=O)(=O)c2ccc(C)cc2)c(C(C)C)c1. The smallest absolute Gasteiger partial charge is 0.339 e. The van der Waals surface area contributed by atoms with Crippen molar-refractivity contribution in [2.45, 2.75) is 51.3 Å². The van der Waals surface area contributed by atoms with Crippen LogP contribution in [0, 0.1) is 6.92 Å². The highest BCUT2D eigenvalue weighted by Gasteiger charge is 2.20. The number of rotatable bonds is 7. The first kappa shape index (κ1) is 27.1. The van der Waals surface area contributed by atoms with Crippen LogP contribution in [0.1, 0.15) is 56.2 Å². The Morgan fingerprint density at radius 2 is 1.24 bits per heavy atom.